The molecule has 0 bridgehead atoms. The molecule has 0 saturated carbocycles. The summed E-state index contributed by atoms with van der Waals surface area (Å²) in [5.74, 6) is 0.567. The van der Waals surface area contributed by atoms with E-state index >= 15 is 0 Å². The first-order chi connectivity index (χ1) is 12.6. The smallest absolute Gasteiger partial charge is 0.292 e. The van der Waals surface area contributed by atoms with Gasteiger partial charge in [0.05, 0.1) is 13.4 Å². The molecule has 0 spiro atoms. The van der Waals surface area contributed by atoms with Crippen molar-refractivity contribution in [2.45, 2.75) is 6.54 Å². The van der Waals surface area contributed by atoms with E-state index < -0.39 is 5.91 Å². The Morgan fingerprint density at radius 2 is 1.96 bits per heavy atom. The molecule has 8 nitrogen and oxygen atoms in total. The Kier molecular flexibility index (Phi) is 5.02. The molecular weight excluding hydrogens is 336 g/mol. The summed E-state index contributed by atoms with van der Waals surface area (Å²) in [4.78, 5) is 24.3. The van der Waals surface area contributed by atoms with E-state index in [0.29, 0.717) is 12.4 Å². The minimum absolute atomic E-state index is 0.178. The normalized spacial score (nSPS) is 10.4. The van der Waals surface area contributed by atoms with Gasteiger partial charge < -0.3 is 19.8 Å². The van der Waals surface area contributed by atoms with Crippen LogP contribution in [0.3, 0.4) is 0 Å². The van der Waals surface area contributed by atoms with Gasteiger partial charge in [0.15, 0.2) is 11.5 Å². The summed E-state index contributed by atoms with van der Waals surface area (Å²) in [6, 6.07) is 12.1. The maximum Gasteiger partial charge on any atom is 0.292 e. The largest absolute Gasteiger partial charge is 0.497 e. The zero-order valence-electron chi connectivity index (χ0n) is 14.4. The van der Waals surface area contributed by atoms with Crippen molar-refractivity contribution in [3.8, 4) is 5.75 Å². The van der Waals surface area contributed by atoms with Gasteiger partial charge in [-0.05, 0) is 29.8 Å². The lowest BCUT2D eigenvalue weighted by Crippen LogP contribution is -2.23. The van der Waals surface area contributed by atoms with Crippen molar-refractivity contribution in [2.75, 3.05) is 12.4 Å². The van der Waals surface area contributed by atoms with Crippen molar-refractivity contribution in [2.24, 2.45) is 7.05 Å². The highest BCUT2D eigenvalue weighted by molar-refractivity contribution is 6.02. The number of aromatic nitrogens is 2. The van der Waals surface area contributed by atoms with Crippen molar-refractivity contribution in [1.29, 1.82) is 0 Å². The molecule has 2 aromatic heterocycles. The SMILES string of the molecule is COc1ccc(CNC(=O)c2cc(NC(=O)c3ccco3)n(C)n2)cc1. The van der Waals surface area contributed by atoms with Crippen LogP contribution in [-0.4, -0.2) is 28.7 Å². The Morgan fingerprint density at radius 1 is 1.19 bits per heavy atom. The summed E-state index contributed by atoms with van der Waals surface area (Å²) in [6.45, 7) is 0.355. The van der Waals surface area contributed by atoms with E-state index in [1.807, 2.05) is 24.3 Å². The predicted octanol–water partition coefficient (Wildman–Crippen LogP) is 2.20. The second kappa shape index (κ2) is 7.56. The van der Waals surface area contributed by atoms with Crippen LogP contribution < -0.4 is 15.4 Å². The van der Waals surface area contributed by atoms with Gasteiger partial charge in [-0.3, -0.25) is 14.3 Å². The molecule has 26 heavy (non-hydrogen) atoms. The number of methoxy groups -OCH3 is 1. The lowest BCUT2D eigenvalue weighted by atomic mass is 10.2. The van der Waals surface area contributed by atoms with Crippen LogP contribution in [-0.2, 0) is 13.6 Å². The molecular formula is C18H18N4O4. The van der Waals surface area contributed by atoms with Gasteiger partial charge in [-0.25, -0.2) is 0 Å². The highest BCUT2D eigenvalue weighted by atomic mass is 16.5. The number of aryl methyl sites for hydroxylation is 1. The van der Waals surface area contributed by atoms with Crippen LogP contribution in [0.15, 0.2) is 53.1 Å². The average Bonchev–Trinajstić information content (AvgIpc) is 3.31. The fourth-order valence-corrected chi connectivity index (χ4v) is 2.30. The molecule has 0 radical (unpaired) electrons. The molecule has 0 saturated heterocycles. The first-order valence-electron chi connectivity index (χ1n) is 7.87. The van der Waals surface area contributed by atoms with E-state index in [2.05, 4.69) is 15.7 Å². The number of rotatable bonds is 6. The number of amides is 2. The number of hydrogen-bond donors (Lipinski definition) is 2. The number of carbonyl (C=O) groups excluding carboxylic acids is 2. The molecule has 8 heteroatoms. The number of benzene rings is 1. The highest BCUT2D eigenvalue weighted by Crippen LogP contribution is 2.13. The molecule has 0 aliphatic carbocycles. The van der Waals surface area contributed by atoms with Crippen LogP contribution in [0.2, 0.25) is 0 Å². The molecule has 2 amide bonds. The first-order valence-corrected chi connectivity index (χ1v) is 7.87. The molecule has 2 N–H and O–H groups in total. The Balaban J connectivity index is 1.61. The summed E-state index contributed by atoms with van der Waals surface area (Å²) >= 11 is 0. The quantitative estimate of drug-likeness (QED) is 0.707. The Morgan fingerprint density at radius 3 is 2.62 bits per heavy atom. The summed E-state index contributed by atoms with van der Waals surface area (Å²) < 4.78 is 11.6. The summed E-state index contributed by atoms with van der Waals surface area (Å²) in [5.41, 5.74) is 1.14. The fraction of sp³-hybridized carbons (Fsp3) is 0.167. The number of ether oxygens (including phenoxy) is 1. The Bertz CT molecular complexity index is 898. The van der Waals surface area contributed by atoms with Crippen LogP contribution in [0.5, 0.6) is 5.75 Å². The average molecular weight is 354 g/mol. The number of carbonyl (C=O) groups is 2. The van der Waals surface area contributed by atoms with Crippen LogP contribution in [0.25, 0.3) is 0 Å². The Hall–Kier alpha value is -3.55. The molecule has 0 fully saturated rings. The molecule has 2 heterocycles. The maximum absolute atomic E-state index is 12.3. The van der Waals surface area contributed by atoms with E-state index in [4.69, 9.17) is 9.15 Å². The van der Waals surface area contributed by atoms with Gasteiger partial charge in [-0.2, -0.15) is 5.10 Å². The molecule has 0 unspecified atom stereocenters. The van der Waals surface area contributed by atoms with Crippen LogP contribution >= 0.6 is 0 Å². The second-order valence-electron chi connectivity index (χ2n) is 5.50. The van der Waals surface area contributed by atoms with Crippen molar-refractivity contribution in [3.05, 3.63) is 65.7 Å². The van der Waals surface area contributed by atoms with Gasteiger partial charge in [0, 0.05) is 19.7 Å². The third kappa shape index (κ3) is 3.92. The molecule has 1 aromatic carbocycles. The molecule has 134 valence electrons. The molecule has 3 rings (SSSR count). The second-order valence-corrected chi connectivity index (χ2v) is 5.50. The minimum Gasteiger partial charge on any atom is -0.497 e. The number of hydrogen-bond acceptors (Lipinski definition) is 5. The van der Waals surface area contributed by atoms with Gasteiger partial charge in [-0.15, -0.1) is 0 Å². The third-order valence-corrected chi connectivity index (χ3v) is 3.71. The maximum atomic E-state index is 12.3. The number of nitrogens with one attached hydrogen (secondary N) is 2. The van der Waals surface area contributed by atoms with E-state index in [1.165, 1.54) is 17.0 Å². The predicted molar refractivity (Wildman–Crippen MR) is 94.0 cm³/mol. The van der Waals surface area contributed by atoms with E-state index in [9.17, 15) is 9.59 Å². The molecule has 3 aromatic rings. The van der Waals surface area contributed by atoms with Crippen molar-refractivity contribution < 1.29 is 18.7 Å². The van der Waals surface area contributed by atoms with Gasteiger partial charge in [0.25, 0.3) is 11.8 Å². The zero-order chi connectivity index (χ0) is 18.5. The molecule has 0 atom stereocenters. The van der Waals surface area contributed by atoms with Gasteiger partial charge in [0.1, 0.15) is 11.6 Å². The Labute approximate surface area is 149 Å². The fourth-order valence-electron chi connectivity index (χ4n) is 2.30. The summed E-state index contributed by atoms with van der Waals surface area (Å²) in [7, 11) is 3.23. The summed E-state index contributed by atoms with van der Waals surface area (Å²) in [5, 5.41) is 9.56. The monoisotopic (exact) mass is 354 g/mol. The zero-order valence-corrected chi connectivity index (χ0v) is 14.4. The van der Waals surface area contributed by atoms with Crippen LogP contribution in [0.4, 0.5) is 5.82 Å². The third-order valence-electron chi connectivity index (χ3n) is 3.71. The highest BCUT2D eigenvalue weighted by Gasteiger charge is 2.16. The summed E-state index contributed by atoms with van der Waals surface area (Å²) in [6.07, 6.45) is 1.41. The van der Waals surface area contributed by atoms with Crippen LogP contribution in [0, 0.1) is 0 Å². The van der Waals surface area contributed by atoms with Gasteiger partial charge >= 0.3 is 0 Å². The van der Waals surface area contributed by atoms with Crippen molar-refractivity contribution in [1.82, 2.24) is 15.1 Å². The van der Waals surface area contributed by atoms with Crippen molar-refractivity contribution >= 4 is 17.6 Å². The van der Waals surface area contributed by atoms with Gasteiger partial charge in [0.2, 0.25) is 0 Å². The van der Waals surface area contributed by atoms with E-state index in [1.54, 1.807) is 26.3 Å². The topological polar surface area (TPSA) is 98.4 Å². The van der Waals surface area contributed by atoms with E-state index in [-0.39, 0.29) is 17.4 Å². The number of anilines is 1. The van der Waals surface area contributed by atoms with Gasteiger partial charge in [-0.1, -0.05) is 12.1 Å². The van der Waals surface area contributed by atoms with E-state index in [0.717, 1.165) is 11.3 Å². The standard InChI is InChI=1S/C18H18N4O4/c1-22-16(20-18(24)15-4-3-9-26-15)10-14(21-22)17(23)19-11-12-5-7-13(25-2)8-6-12/h3-10H,11H2,1-2H3,(H,19,23)(H,20,24). The first kappa shape index (κ1) is 17.3. The lowest BCUT2D eigenvalue weighted by molar-refractivity contribution is 0.0944. The van der Waals surface area contributed by atoms with Crippen molar-refractivity contribution in [3.63, 3.8) is 0 Å². The minimum atomic E-state index is -0.414. The lowest BCUT2D eigenvalue weighted by Gasteiger charge is -2.04. The molecule has 0 aliphatic heterocycles. The number of furan rings is 1. The van der Waals surface area contributed by atoms with Crippen LogP contribution in [0.1, 0.15) is 26.6 Å². The number of nitrogens with zero attached hydrogens (tertiary/aromatic N) is 2. The molecule has 0 aliphatic rings.